The van der Waals surface area contributed by atoms with Crippen molar-refractivity contribution in [2.45, 2.75) is 77.3 Å². The SMILES string of the molecule is C=C(CCCCC)OS(=O)(=O)C(F)(F)F.C=C1CO[C@@H](CCCO)C1.CC. The van der Waals surface area contributed by atoms with E-state index in [9.17, 15) is 21.6 Å². The molecular weight excluding hydrogens is 385 g/mol. The molecule has 0 aromatic rings. The molecule has 0 aromatic heterocycles. The summed E-state index contributed by atoms with van der Waals surface area (Å²) in [5, 5.41) is 8.51. The van der Waals surface area contributed by atoms with E-state index in [0.717, 1.165) is 38.7 Å². The van der Waals surface area contributed by atoms with E-state index in [-0.39, 0.29) is 18.8 Å². The van der Waals surface area contributed by atoms with Crippen molar-refractivity contribution in [3.8, 4) is 0 Å². The average molecular weight is 419 g/mol. The van der Waals surface area contributed by atoms with E-state index in [2.05, 4.69) is 17.3 Å². The van der Waals surface area contributed by atoms with Crippen molar-refractivity contribution in [3.63, 3.8) is 0 Å². The van der Waals surface area contributed by atoms with E-state index in [1.165, 1.54) is 5.57 Å². The fourth-order valence-electron chi connectivity index (χ4n) is 2.00. The summed E-state index contributed by atoms with van der Waals surface area (Å²) < 4.78 is 65.6. The van der Waals surface area contributed by atoms with Crippen molar-refractivity contribution in [1.82, 2.24) is 0 Å². The monoisotopic (exact) mass is 418 g/mol. The fraction of sp³-hybridized carbons (Fsp3) is 0.778. The Kier molecular flexibility index (Phi) is 15.6. The van der Waals surface area contributed by atoms with Crippen molar-refractivity contribution >= 4 is 10.1 Å². The molecule has 1 saturated heterocycles. The molecule has 0 radical (unpaired) electrons. The molecule has 0 spiro atoms. The molecule has 162 valence electrons. The molecule has 0 bridgehead atoms. The Morgan fingerprint density at radius 2 is 1.89 bits per heavy atom. The third-order valence-electron chi connectivity index (χ3n) is 3.29. The zero-order chi connectivity index (χ0) is 21.5. The van der Waals surface area contributed by atoms with Crippen molar-refractivity contribution in [2.75, 3.05) is 13.2 Å². The molecule has 1 heterocycles. The number of aliphatic hydroxyl groups is 1. The van der Waals surface area contributed by atoms with Crippen LogP contribution in [0.3, 0.4) is 0 Å². The summed E-state index contributed by atoms with van der Waals surface area (Å²) >= 11 is 0. The number of alkyl halides is 3. The average Bonchev–Trinajstić information content (AvgIpc) is 2.99. The van der Waals surface area contributed by atoms with Crippen LogP contribution in [0.1, 0.15) is 65.7 Å². The smallest absolute Gasteiger partial charge is 0.396 e. The predicted molar refractivity (Wildman–Crippen MR) is 101 cm³/mol. The minimum absolute atomic E-state index is 0.114. The van der Waals surface area contributed by atoms with Gasteiger partial charge in [0.25, 0.3) is 0 Å². The summed E-state index contributed by atoms with van der Waals surface area (Å²) in [5.41, 5.74) is -4.20. The summed E-state index contributed by atoms with van der Waals surface area (Å²) in [6.45, 7) is 13.9. The number of hydrogen-bond donors (Lipinski definition) is 1. The molecule has 0 saturated carbocycles. The van der Waals surface area contributed by atoms with Crippen LogP contribution in [-0.4, -0.2) is 38.4 Å². The summed E-state index contributed by atoms with van der Waals surface area (Å²) in [7, 11) is -5.53. The van der Waals surface area contributed by atoms with Gasteiger partial charge >= 0.3 is 15.6 Å². The first-order chi connectivity index (χ1) is 12.5. The van der Waals surface area contributed by atoms with Crippen LogP contribution in [0, 0.1) is 0 Å². The van der Waals surface area contributed by atoms with Gasteiger partial charge in [-0.1, -0.05) is 46.8 Å². The van der Waals surface area contributed by atoms with E-state index >= 15 is 0 Å². The zero-order valence-electron chi connectivity index (χ0n) is 16.5. The van der Waals surface area contributed by atoms with Gasteiger partial charge in [-0.05, 0) is 31.3 Å². The molecule has 1 aliphatic rings. The van der Waals surface area contributed by atoms with E-state index in [1.807, 2.05) is 20.8 Å². The maximum absolute atomic E-state index is 11.8. The molecule has 0 unspecified atom stereocenters. The Hall–Kier alpha value is -1.06. The van der Waals surface area contributed by atoms with Crippen LogP contribution in [0.5, 0.6) is 0 Å². The third-order valence-corrected chi connectivity index (χ3v) is 4.32. The molecule has 1 aliphatic heterocycles. The normalized spacial score (nSPS) is 16.7. The van der Waals surface area contributed by atoms with Crippen molar-refractivity contribution in [1.29, 1.82) is 0 Å². The van der Waals surface area contributed by atoms with Crippen molar-refractivity contribution < 1.29 is 35.6 Å². The Morgan fingerprint density at radius 1 is 1.30 bits per heavy atom. The predicted octanol–water partition coefficient (Wildman–Crippen LogP) is 5.08. The van der Waals surface area contributed by atoms with Crippen LogP contribution in [0.25, 0.3) is 0 Å². The van der Waals surface area contributed by atoms with Crippen LogP contribution in [0.15, 0.2) is 24.5 Å². The fourth-order valence-corrected chi connectivity index (χ4v) is 2.48. The van der Waals surface area contributed by atoms with Gasteiger partial charge in [0.05, 0.1) is 12.7 Å². The molecule has 1 fully saturated rings. The zero-order valence-corrected chi connectivity index (χ0v) is 17.3. The molecular formula is C18H33F3O5S. The third kappa shape index (κ3) is 13.7. The van der Waals surface area contributed by atoms with Gasteiger partial charge in [0.1, 0.15) is 5.76 Å². The second-order valence-electron chi connectivity index (χ2n) is 5.73. The number of aliphatic hydroxyl groups excluding tert-OH is 1. The van der Waals surface area contributed by atoms with Gasteiger partial charge in [0.2, 0.25) is 0 Å². The summed E-state index contributed by atoms with van der Waals surface area (Å²) in [6, 6.07) is 0. The van der Waals surface area contributed by atoms with Gasteiger partial charge in [-0.15, -0.1) is 0 Å². The molecule has 9 heteroatoms. The minimum atomic E-state index is -5.53. The maximum atomic E-state index is 11.8. The number of rotatable bonds is 9. The van der Waals surface area contributed by atoms with Crippen LogP contribution in [0.4, 0.5) is 13.2 Å². The van der Waals surface area contributed by atoms with Crippen LogP contribution in [-0.2, 0) is 19.0 Å². The summed E-state index contributed by atoms with van der Waals surface area (Å²) in [5.74, 6) is -0.374. The highest BCUT2D eigenvalue weighted by molar-refractivity contribution is 7.87. The molecule has 0 aliphatic carbocycles. The Balaban J connectivity index is 0. The van der Waals surface area contributed by atoms with E-state index in [1.54, 1.807) is 0 Å². The second-order valence-corrected chi connectivity index (χ2v) is 7.27. The molecule has 1 rings (SSSR count). The van der Waals surface area contributed by atoms with Gasteiger partial charge in [-0.25, -0.2) is 0 Å². The molecule has 1 N–H and O–H groups in total. The number of allylic oxidation sites excluding steroid dienone is 1. The van der Waals surface area contributed by atoms with Crippen LogP contribution < -0.4 is 0 Å². The highest BCUT2D eigenvalue weighted by atomic mass is 32.2. The lowest BCUT2D eigenvalue weighted by atomic mass is 10.1. The summed E-state index contributed by atoms with van der Waals surface area (Å²) in [4.78, 5) is 0. The lowest BCUT2D eigenvalue weighted by molar-refractivity contribution is -0.0523. The molecule has 0 aromatic carbocycles. The first kappa shape index (κ1) is 28.2. The Labute approximate surface area is 161 Å². The number of ether oxygens (including phenoxy) is 1. The number of unbranched alkanes of at least 4 members (excludes halogenated alkanes) is 2. The Morgan fingerprint density at radius 3 is 2.30 bits per heavy atom. The maximum Gasteiger partial charge on any atom is 0.534 e. The van der Waals surface area contributed by atoms with E-state index < -0.39 is 15.6 Å². The van der Waals surface area contributed by atoms with Gasteiger partial charge < -0.3 is 14.0 Å². The van der Waals surface area contributed by atoms with Crippen molar-refractivity contribution in [2.24, 2.45) is 0 Å². The molecule has 0 amide bonds. The first-order valence-electron chi connectivity index (χ1n) is 9.11. The van der Waals surface area contributed by atoms with Crippen molar-refractivity contribution in [3.05, 3.63) is 24.5 Å². The number of hydrogen-bond acceptors (Lipinski definition) is 5. The van der Waals surface area contributed by atoms with E-state index in [4.69, 9.17) is 9.84 Å². The molecule has 27 heavy (non-hydrogen) atoms. The quantitative estimate of drug-likeness (QED) is 0.186. The summed E-state index contributed by atoms with van der Waals surface area (Å²) in [6.07, 6.45) is 5.47. The Bertz CT molecular complexity index is 516. The molecule has 5 nitrogen and oxygen atoms in total. The highest BCUT2D eigenvalue weighted by Gasteiger charge is 2.48. The topological polar surface area (TPSA) is 72.8 Å². The first-order valence-corrected chi connectivity index (χ1v) is 10.5. The lowest BCUT2D eigenvalue weighted by Gasteiger charge is -2.10. The minimum Gasteiger partial charge on any atom is -0.396 e. The standard InChI is InChI=1S/C8H13F3O3S.C8H14O2.C2H6/c1-3-4-5-6-7(2)14-15(12,13)8(9,10)11;1-7-5-8(10-6-7)3-2-4-9;1-2/h2-6H2,1H3;8-9H,1-6H2;1-2H3/t;8-;/m.0./s1. The highest BCUT2D eigenvalue weighted by Crippen LogP contribution is 2.27. The van der Waals surface area contributed by atoms with E-state index in [0.29, 0.717) is 12.5 Å². The van der Waals surface area contributed by atoms with Gasteiger partial charge in [-0.3, -0.25) is 0 Å². The largest absolute Gasteiger partial charge is 0.534 e. The van der Waals surface area contributed by atoms with Gasteiger partial charge in [-0.2, -0.15) is 21.6 Å². The lowest BCUT2D eigenvalue weighted by Crippen LogP contribution is -2.25. The van der Waals surface area contributed by atoms with Crippen LogP contribution in [0.2, 0.25) is 0 Å². The number of halogens is 3. The van der Waals surface area contributed by atoms with Crippen LogP contribution >= 0.6 is 0 Å². The second kappa shape index (κ2) is 14.9. The van der Waals surface area contributed by atoms with Gasteiger partial charge in [0.15, 0.2) is 0 Å². The van der Waals surface area contributed by atoms with Gasteiger partial charge in [0, 0.05) is 13.0 Å². The molecule has 1 atom stereocenters.